The van der Waals surface area contributed by atoms with Crippen molar-refractivity contribution < 1.29 is 23.2 Å². The number of hydrogen-bond donors (Lipinski definition) is 0. The summed E-state index contributed by atoms with van der Waals surface area (Å²) >= 11 is 0. The molecule has 29 heavy (non-hydrogen) atoms. The molecular formula is C21H14FN3O4. The van der Waals surface area contributed by atoms with Crippen LogP contribution >= 0.6 is 0 Å². The first-order valence-corrected chi connectivity index (χ1v) is 8.61. The van der Waals surface area contributed by atoms with Crippen molar-refractivity contribution in [2.45, 2.75) is 6.61 Å². The summed E-state index contributed by atoms with van der Waals surface area (Å²) in [6.07, 6.45) is 3.16. The van der Waals surface area contributed by atoms with Gasteiger partial charge >= 0.3 is 5.97 Å². The first kappa shape index (κ1) is 18.3. The molecule has 0 N–H and O–H groups in total. The summed E-state index contributed by atoms with van der Waals surface area (Å²) in [6, 6.07) is 15.8. The van der Waals surface area contributed by atoms with E-state index in [-0.39, 0.29) is 29.7 Å². The summed E-state index contributed by atoms with van der Waals surface area (Å²) in [6.45, 7) is -0.190. The molecule has 2 aromatic heterocycles. The topological polar surface area (TPSA) is 87.3 Å². The van der Waals surface area contributed by atoms with Gasteiger partial charge in [0.05, 0.1) is 6.20 Å². The highest BCUT2D eigenvalue weighted by atomic mass is 19.1. The number of halogens is 1. The standard InChI is InChI=1S/C21H14FN3O4/c22-15-9-7-14(8-10-15)20-24-19(25-29-20)13-27-21(26)17-5-1-2-6-18(17)28-16-4-3-11-23-12-16/h1-12H,13H2. The average molecular weight is 391 g/mol. The van der Waals surface area contributed by atoms with E-state index in [0.717, 1.165) is 0 Å². The van der Waals surface area contributed by atoms with Gasteiger partial charge in [0.1, 0.15) is 22.9 Å². The number of ether oxygens (including phenoxy) is 2. The van der Waals surface area contributed by atoms with E-state index in [1.54, 1.807) is 48.8 Å². The van der Waals surface area contributed by atoms with E-state index in [0.29, 0.717) is 17.1 Å². The van der Waals surface area contributed by atoms with Crippen LogP contribution in [0.5, 0.6) is 11.5 Å². The molecule has 4 aromatic rings. The third-order valence-electron chi connectivity index (χ3n) is 3.86. The summed E-state index contributed by atoms with van der Waals surface area (Å²) in [5.41, 5.74) is 0.810. The first-order valence-electron chi connectivity index (χ1n) is 8.61. The molecule has 144 valence electrons. The second-order valence-electron chi connectivity index (χ2n) is 5.89. The van der Waals surface area contributed by atoms with Crippen molar-refractivity contribution in [3.8, 4) is 23.0 Å². The van der Waals surface area contributed by atoms with Gasteiger partial charge in [-0.2, -0.15) is 4.98 Å². The molecule has 0 aliphatic rings. The van der Waals surface area contributed by atoms with Crippen LogP contribution in [-0.4, -0.2) is 21.1 Å². The van der Waals surface area contributed by atoms with Crippen LogP contribution in [0.2, 0.25) is 0 Å². The molecule has 0 saturated carbocycles. The van der Waals surface area contributed by atoms with Crippen molar-refractivity contribution in [2.75, 3.05) is 0 Å². The van der Waals surface area contributed by atoms with Gasteiger partial charge in [-0.3, -0.25) is 4.98 Å². The van der Waals surface area contributed by atoms with Gasteiger partial charge in [-0.1, -0.05) is 17.3 Å². The molecule has 0 aliphatic heterocycles. The van der Waals surface area contributed by atoms with Gasteiger partial charge in [0, 0.05) is 11.8 Å². The van der Waals surface area contributed by atoms with Crippen LogP contribution in [0.25, 0.3) is 11.5 Å². The zero-order chi connectivity index (χ0) is 20.1. The van der Waals surface area contributed by atoms with Crippen molar-refractivity contribution in [3.05, 3.63) is 90.3 Å². The average Bonchev–Trinajstić information content (AvgIpc) is 3.23. The van der Waals surface area contributed by atoms with Crippen LogP contribution in [0.1, 0.15) is 16.2 Å². The summed E-state index contributed by atoms with van der Waals surface area (Å²) in [7, 11) is 0. The number of nitrogens with zero attached hydrogens (tertiary/aromatic N) is 3. The van der Waals surface area contributed by atoms with E-state index in [1.165, 1.54) is 24.3 Å². The molecule has 0 radical (unpaired) electrons. The molecule has 7 nitrogen and oxygen atoms in total. The van der Waals surface area contributed by atoms with E-state index in [4.69, 9.17) is 14.0 Å². The number of rotatable bonds is 6. The lowest BCUT2D eigenvalue weighted by molar-refractivity contribution is 0.0457. The number of hydrogen-bond acceptors (Lipinski definition) is 7. The Morgan fingerprint density at radius 2 is 1.86 bits per heavy atom. The Morgan fingerprint density at radius 1 is 1.03 bits per heavy atom. The molecule has 2 heterocycles. The normalized spacial score (nSPS) is 10.5. The van der Waals surface area contributed by atoms with Crippen molar-refractivity contribution in [3.63, 3.8) is 0 Å². The fourth-order valence-electron chi connectivity index (χ4n) is 2.49. The maximum absolute atomic E-state index is 13.0. The molecule has 0 saturated heterocycles. The lowest BCUT2D eigenvalue weighted by Crippen LogP contribution is -2.07. The number of para-hydroxylation sites is 1. The third-order valence-corrected chi connectivity index (χ3v) is 3.86. The third kappa shape index (κ3) is 4.44. The second-order valence-corrected chi connectivity index (χ2v) is 5.89. The Balaban J connectivity index is 1.43. The quantitative estimate of drug-likeness (QED) is 0.450. The lowest BCUT2D eigenvalue weighted by Gasteiger charge is -2.09. The largest absolute Gasteiger partial charge is 0.455 e. The molecule has 8 heteroatoms. The fourth-order valence-corrected chi connectivity index (χ4v) is 2.49. The molecule has 0 spiro atoms. The molecule has 0 aliphatic carbocycles. The summed E-state index contributed by atoms with van der Waals surface area (Å²) in [5.74, 6) is 0.257. The SMILES string of the molecule is O=C(OCc1noc(-c2ccc(F)cc2)n1)c1ccccc1Oc1cccnc1. The van der Waals surface area contributed by atoms with E-state index >= 15 is 0 Å². The number of esters is 1. The highest BCUT2D eigenvalue weighted by molar-refractivity contribution is 5.92. The Morgan fingerprint density at radius 3 is 2.66 bits per heavy atom. The van der Waals surface area contributed by atoms with Crippen LogP contribution < -0.4 is 4.74 Å². The summed E-state index contributed by atoms with van der Waals surface area (Å²) in [5, 5.41) is 3.77. The number of pyridine rings is 1. The van der Waals surface area contributed by atoms with Gasteiger partial charge in [-0.25, -0.2) is 9.18 Å². The minimum atomic E-state index is -0.599. The first-order chi connectivity index (χ1) is 14.2. The van der Waals surface area contributed by atoms with Gasteiger partial charge in [0.25, 0.3) is 5.89 Å². The van der Waals surface area contributed by atoms with Crippen molar-refractivity contribution in [1.82, 2.24) is 15.1 Å². The van der Waals surface area contributed by atoms with Crippen molar-refractivity contribution >= 4 is 5.97 Å². The van der Waals surface area contributed by atoms with Crippen LogP contribution in [0.15, 0.2) is 77.6 Å². The van der Waals surface area contributed by atoms with Gasteiger partial charge in [0.15, 0.2) is 6.61 Å². The molecule has 0 bridgehead atoms. The smallest absolute Gasteiger partial charge is 0.342 e. The fraction of sp³-hybridized carbons (Fsp3) is 0.0476. The maximum atomic E-state index is 13.0. The van der Waals surface area contributed by atoms with Crippen LogP contribution in [0.3, 0.4) is 0 Å². The summed E-state index contributed by atoms with van der Waals surface area (Å²) < 4.78 is 29.1. The highest BCUT2D eigenvalue weighted by Crippen LogP contribution is 2.25. The Labute approximate surface area is 164 Å². The number of carbonyl (C=O) groups is 1. The predicted molar refractivity (Wildman–Crippen MR) is 99.6 cm³/mol. The van der Waals surface area contributed by atoms with Gasteiger partial charge in [0.2, 0.25) is 5.82 Å². The minimum Gasteiger partial charge on any atom is -0.455 e. The van der Waals surface area contributed by atoms with Crippen molar-refractivity contribution in [2.24, 2.45) is 0 Å². The highest BCUT2D eigenvalue weighted by Gasteiger charge is 2.16. The predicted octanol–water partition coefficient (Wildman–Crippen LogP) is 4.42. The second kappa shape index (κ2) is 8.30. The maximum Gasteiger partial charge on any atom is 0.342 e. The molecule has 4 rings (SSSR count). The number of carbonyl (C=O) groups excluding carboxylic acids is 1. The molecule has 0 atom stereocenters. The van der Waals surface area contributed by atoms with E-state index < -0.39 is 5.97 Å². The van der Waals surface area contributed by atoms with E-state index in [9.17, 15) is 9.18 Å². The van der Waals surface area contributed by atoms with E-state index in [1.807, 2.05) is 0 Å². The van der Waals surface area contributed by atoms with Crippen molar-refractivity contribution in [1.29, 1.82) is 0 Å². The number of benzene rings is 2. The lowest BCUT2D eigenvalue weighted by atomic mass is 10.2. The number of aromatic nitrogens is 3. The Hall–Kier alpha value is -4.07. The molecule has 0 fully saturated rings. The zero-order valence-electron chi connectivity index (χ0n) is 15.0. The monoisotopic (exact) mass is 391 g/mol. The zero-order valence-corrected chi connectivity index (χ0v) is 15.0. The Bertz CT molecular complexity index is 1110. The van der Waals surface area contributed by atoms with Gasteiger partial charge < -0.3 is 14.0 Å². The van der Waals surface area contributed by atoms with Gasteiger partial charge in [-0.05, 0) is 48.5 Å². The van der Waals surface area contributed by atoms with Crippen LogP contribution in [0.4, 0.5) is 4.39 Å². The van der Waals surface area contributed by atoms with E-state index in [2.05, 4.69) is 15.1 Å². The molecule has 0 unspecified atom stereocenters. The molecular weight excluding hydrogens is 377 g/mol. The van der Waals surface area contributed by atoms with Crippen LogP contribution in [-0.2, 0) is 11.3 Å². The summed E-state index contributed by atoms with van der Waals surface area (Å²) in [4.78, 5) is 20.6. The Kier molecular flexibility index (Phi) is 5.24. The van der Waals surface area contributed by atoms with Gasteiger partial charge in [-0.15, -0.1) is 0 Å². The molecule has 0 amide bonds. The minimum absolute atomic E-state index is 0.184. The molecule has 2 aromatic carbocycles. The van der Waals surface area contributed by atoms with Crippen LogP contribution in [0, 0.1) is 5.82 Å².